The highest BCUT2D eigenvalue weighted by molar-refractivity contribution is 5.82. The first-order chi connectivity index (χ1) is 7.70. The van der Waals surface area contributed by atoms with Crippen LogP contribution in [0.5, 0.6) is 0 Å². The minimum Gasteiger partial charge on any atom is -0.394 e. The molecule has 2 heterocycles. The number of aliphatic hydroxyl groups excluding tert-OH is 1. The zero-order chi connectivity index (χ0) is 11.5. The van der Waals surface area contributed by atoms with Gasteiger partial charge in [0.15, 0.2) is 0 Å². The number of rotatable bonds is 2. The van der Waals surface area contributed by atoms with Gasteiger partial charge in [0.25, 0.3) is 0 Å². The summed E-state index contributed by atoms with van der Waals surface area (Å²) in [6.45, 7) is 3.99. The molecule has 0 saturated carbocycles. The number of hydrogen-bond donors (Lipinski definition) is 2. The lowest BCUT2D eigenvalue weighted by atomic mass is 10.1. The molecule has 0 bridgehead atoms. The highest BCUT2D eigenvalue weighted by atomic mass is 16.5. The topological polar surface area (TPSA) is 61.8 Å². The van der Waals surface area contributed by atoms with Crippen LogP contribution in [0.3, 0.4) is 0 Å². The number of nitrogens with one attached hydrogen (secondary N) is 1. The van der Waals surface area contributed by atoms with E-state index in [1.807, 2.05) is 11.8 Å². The van der Waals surface area contributed by atoms with Crippen molar-refractivity contribution in [3.8, 4) is 0 Å². The first kappa shape index (κ1) is 11.8. The molecule has 5 nitrogen and oxygen atoms in total. The fraction of sp³-hybridized carbons (Fsp3) is 0.909. The van der Waals surface area contributed by atoms with Gasteiger partial charge in [0.05, 0.1) is 24.9 Å². The van der Waals surface area contributed by atoms with Gasteiger partial charge < -0.3 is 20.1 Å². The van der Waals surface area contributed by atoms with Crippen LogP contribution in [0.2, 0.25) is 0 Å². The summed E-state index contributed by atoms with van der Waals surface area (Å²) in [4.78, 5) is 14.0. The third-order valence-electron chi connectivity index (χ3n) is 3.20. The maximum absolute atomic E-state index is 12.1. The van der Waals surface area contributed by atoms with E-state index < -0.39 is 0 Å². The summed E-state index contributed by atoms with van der Waals surface area (Å²) in [6.07, 6.45) is 1.78. The van der Waals surface area contributed by atoms with Crippen molar-refractivity contribution in [1.82, 2.24) is 10.2 Å². The number of aliphatic hydroxyl groups is 1. The van der Waals surface area contributed by atoms with Gasteiger partial charge in [0.1, 0.15) is 0 Å². The molecule has 0 radical (unpaired) electrons. The number of nitrogens with zero attached hydrogens (tertiary/aromatic N) is 1. The van der Waals surface area contributed by atoms with E-state index in [2.05, 4.69) is 5.32 Å². The minimum atomic E-state index is -0.228. The normalized spacial score (nSPS) is 35.4. The van der Waals surface area contributed by atoms with Crippen molar-refractivity contribution in [3.05, 3.63) is 0 Å². The van der Waals surface area contributed by atoms with Crippen LogP contribution >= 0.6 is 0 Å². The predicted molar refractivity (Wildman–Crippen MR) is 59.0 cm³/mol. The summed E-state index contributed by atoms with van der Waals surface area (Å²) >= 11 is 0. The van der Waals surface area contributed by atoms with E-state index in [9.17, 15) is 4.79 Å². The minimum absolute atomic E-state index is 0.0104. The zero-order valence-corrected chi connectivity index (χ0v) is 9.69. The van der Waals surface area contributed by atoms with E-state index in [4.69, 9.17) is 9.84 Å². The largest absolute Gasteiger partial charge is 0.394 e. The number of ether oxygens (including phenoxy) is 1. The lowest BCUT2D eigenvalue weighted by Crippen LogP contribution is -2.54. The molecule has 0 aliphatic carbocycles. The summed E-state index contributed by atoms with van der Waals surface area (Å²) in [5.74, 6) is 0.158. The second-order valence-electron chi connectivity index (χ2n) is 4.64. The Hall–Kier alpha value is -0.650. The molecule has 92 valence electrons. The molecule has 16 heavy (non-hydrogen) atoms. The predicted octanol–water partition coefficient (Wildman–Crippen LogP) is -0.653. The third-order valence-corrected chi connectivity index (χ3v) is 3.20. The average Bonchev–Trinajstić information content (AvgIpc) is 2.80. The van der Waals surface area contributed by atoms with E-state index >= 15 is 0 Å². The Morgan fingerprint density at radius 1 is 1.56 bits per heavy atom. The van der Waals surface area contributed by atoms with Crippen molar-refractivity contribution >= 4 is 5.91 Å². The number of morpholine rings is 1. The van der Waals surface area contributed by atoms with Crippen molar-refractivity contribution in [2.45, 2.75) is 38.0 Å². The highest BCUT2D eigenvalue weighted by Gasteiger charge is 2.32. The Morgan fingerprint density at radius 3 is 3.00 bits per heavy atom. The third kappa shape index (κ3) is 2.53. The van der Waals surface area contributed by atoms with Gasteiger partial charge in [0.2, 0.25) is 5.91 Å². The molecular formula is C11H20N2O3. The molecule has 2 fully saturated rings. The van der Waals surface area contributed by atoms with Crippen molar-refractivity contribution in [1.29, 1.82) is 0 Å². The zero-order valence-electron chi connectivity index (χ0n) is 9.69. The average molecular weight is 228 g/mol. The Morgan fingerprint density at radius 2 is 2.38 bits per heavy atom. The number of amides is 1. The van der Waals surface area contributed by atoms with E-state index in [0.29, 0.717) is 13.1 Å². The monoisotopic (exact) mass is 228 g/mol. The highest BCUT2D eigenvalue weighted by Crippen LogP contribution is 2.15. The fourth-order valence-electron chi connectivity index (χ4n) is 2.44. The lowest BCUT2D eigenvalue weighted by Gasteiger charge is -2.37. The van der Waals surface area contributed by atoms with Gasteiger partial charge in [-0.1, -0.05) is 0 Å². The van der Waals surface area contributed by atoms with Crippen LogP contribution in [-0.4, -0.2) is 60.4 Å². The smallest absolute Gasteiger partial charge is 0.239 e. The fourth-order valence-corrected chi connectivity index (χ4v) is 2.44. The Kier molecular flexibility index (Phi) is 3.78. The number of hydrogen-bond acceptors (Lipinski definition) is 4. The van der Waals surface area contributed by atoms with Crippen LogP contribution in [0.4, 0.5) is 0 Å². The molecule has 0 spiro atoms. The van der Waals surface area contributed by atoms with Crippen LogP contribution in [0.25, 0.3) is 0 Å². The molecule has 2 saturated heterocycles. The van der Waals surface area contributed by atoms with Crippen molar-refractivity contribution in [3.63, 3.8) is 0 Å². The maximum Gasteiger partial charge on any atom is 0.239 e. The van der Waals surface area contributed by atoms with Gasteiger partial charge in [-0.25, -0.2) is 0 Å². The summed E-state index contributed by atoms with van der Waals surface area (Å²) in [6, 6.07) is -0.0235. The number of carbonyl (C=O) groups excluding carboxylic acids is 1. The molecular weight excluding hydrogens is 208 g/mol. The molecule has 5 heteroatoms. The Balaban J connectivity index is 1.94. The van der Waals surface area contributed by atoms with Crippen LogP contribution < -0.4 is 5.32 Å². The van der Waals surface area contributed by atoms with Gasteiger partial charge in [-0.3, -0.25) is 4.79 Å². The quantitative estimate of drug-likeness (QED) is 0.659. The van der Waals surface area contributed by atoms with Gasteiger partial charge in [0, 0.05) is 13.1 Å². The van der Waals surface area contributed by atoms with Crippen LogP contribution in [-0.2, 0) is 9.53 Å². The summed E-state index contributed by atoms with van der Waals surface area (Å²) in [5.41, 5.74) is 0. The molecule has 2 aliphatic rings. The Bertz CT molecular complexity index is 254. The van der Waals surface area contributed by atoms with Gasteiger partial charge in [-0.2, -0.15) is 0 Å². The van der Waals surface area contributed by atoms with E-state index in [-0.39, 0.29) is 30.8 Å². The van der Waals surface area contributed by atoms with Crippen LogP contribution in [0.15, 0.2) is 0 Å². The van der Waals surface area contributed by atoms with Gasteiger partial charge in [-0.05, 0) is 26.3 Å². The van der Waals surface area contributed by atoms with Crippen molar-refractivity contribution in [2.24, 2.45) is 0 Å². The van der Waals surface area contributed by atoms with Crippen LogP contribution in [0.1, 0.15) is 19.8 Å². The summed E-state index contributed by atoms with van der Waals surface area (Å²) in [5, 5.41) is 12.3. The van der Waals surface area contributed by atoms with Gasteiger partial charge >= 0.3 is 0 Å². The molecule has 0 aromatic heterocycles. The van der Waals surface area contributed by atoms with Crippen molar-refractivity contribution in [2.75, 3.05) is 26.2 Å². The van der Waals surface area contributed by atoms with E-state index in [1.54, 1.807) is 0 Å². The molecule has 0 aromatic carbocycles. The molecule has 3 atom stereocenters. The van der Waals surface area contributed by atoms with Gasteiger partial charge in [-0.15, -0.1) is 0 Å². The summed E-state index contributed by atoms with van der Waals surface area (Å²) in [7, 11) is 0. The second kappa shape index (κ2) is 5.12. The standard InChI is InChI=1S/C11H20N2O3/c1-8-5-13(6-9(7-14)16-8)11(15)10-3-2-4-12-10/h8-10,12,14H,2-7H2,1H3. The summed E-state index contributed by atoms with van der Waals surface area (Å²) < 4.78 is 5.51. The molecule has 1 amide bonds. The molecule has 3 unspecified atom stereocenters. The lowest BCUT2D eigenvalue weighted by molar-refractivity contribution is -0.148. The first-order valence-corrected chi connectivity index (χ1v) is 5.99. The van der Waals surface area contributed by atoms with Crippen molar-refractivity contribution < 1.29 is 14.6 Å². The molecule has 2 rings (SSSR count). The van der Waals surface area contributed by atoms with Crippen LogP contribution in [0, 0.1) is 0 Å². The maximum atomic E-state index is 12.1. The molecule has 0 aromatic rings. The van der Waals surface area contributed by atoms with E-state index in [1.165, 1.54) is 0 Å². The van der Waals surface area contributed by atoms with E-state index in [0.717, 1.165) is 19.4 Å². The second-order valence-corrected chi connectivity index (χ2v) is 4.64. The molecule has 2 N–H and O–H groups in total. The Labute approximate surface area is 95.8 Å². The molecule has 2 aliphatic heterocycles. The SMILES string of the molecule is CC1CN(C(=O)C2CCCN2)CC(CO)O1. The number of carbonyl (C=O) groups is 1. The first-order valence-electron chi connectivity index (χ1n) is 5.99.